The second-order valence-electron chi connectivity index (χ2n) is 4.56. The van der Waals surface area contributed by atoms with Crippen molar-refractivity contribution in [3.05, 3.63) is 45.9 Å². The molecule has 0 spiro atoms. The zero-order valence-electron chi connectivity index (χ0n) is 11.5. The van der Waals surface area contributed by atoms with E-state index in [9.17, 15) is 9.50 Å². The highest BCUT2D eigenvalue weighted by Crippen LogP contribution is 2.31. The number of hydrogen-bond acceptors (Lipinski definition) is 3. The van der Waals surface area contributed by atoms with E-state index in [4.69, 9.17) is 16.3 Å². The molecule has 1 atom stereocenters. The Hall–Kier alpha value is -1.59. The van der Waals surface area contributed by atoms with Gasteiger partial charge in [0.25, 0.3) is 0 Å². The smallest absolute Gasteiger partial charge is 0.217 e. The van der Waals surface area contributed by atoms with Crippen molar-refractivity contribution in [1.82, 2.24) is 9.78 Å². The van der Waals surface area contributed by atoms with Crippen LogP contribution in [-0.4, -0.2) is 22.0 Å². The van der Waals surface area contributed by atoms with Crippen LogP contribution in [0.3, 0.4) is 0 Å². The molecule has 1 unspecified atom stereocenters. The number of aryl methyl sites for hydroxylation is 2. The van der Waals surface area contributed by atoms with Crippen molar-refractivity contribution in [2.24, 2.45) is 7.05 Å². The minimum Gasteiger partial charge on any atom is -0.481 e. The molecule has 0 saturated carbocycles. The molecule has 0 aliphatic carbocycles. The first-order chi connectivity index (χ1) is 9.45. The number of nitrogens with zero attached hydrogens (tertiary/aromatic N) is 2. The van der Waals surface area contributed by atoms with Crippen molar-refractivity contribution in [3.63, 3.8) is 0 Å². The summed E-state index contributed by atoms with van der Waals surface area (Å²) in [6, 6.07) is 4.73. The number of hydrogen-bond donors (Lipinski definition) is 1. The second kappa shape index (κ2) is 5.81. The average molecular weight is 299 g/mol. The molecule has 0 saturated heterocycles. The molecule has 0 fully saturated rings. The zero-order valence-corrected chi connectivity index (χ0v) is 12.3. The molecule has 1 aromatic heterocycles. The number of aromatic nitrogens is 2. The molecule has 6 heteroatoms. The van der Waals surface area contributed by atoms with Crippen LogP contribution in [0.1, 0.15) is 22.9 Å². The normalized spacial score (nSPS) is 12.5. The number of rotatable bonds is 4. The number of aliphatic hydroxyl groups excluding tert-OH is 1. The monoisotopic (exact) mass is 298 g/mol. The fourth-order valence-corrected chi connectivity index (χ4v) is 2.49. The maximum Gasteiger partial charge on any atom is 0.217 e. The van der Waals surface area contributed by atoms with Crippen LogP contribution in [0.15, 0.2) is 18.2 Å². The summed E-state index contributed by atoms with van der Waals surface area (Å²) in [6.45, 7) is 1.77. The Kier molecular flexibility index (Phi) is 4.30. The highest BCUT2D eigenvalue weighted by Gasteiger charge is 2.23. The third kappa shape index (κ3) is 2.64. The first-order valence-corrected chi connectivity index (χ1v) is 6.52. The molecule has 2 aromatic rings. The lowest BCUT2D eigenvalue weighted by molar-refractivity contribution is 0.171. The van der Waals surface area contributed by atoms with E-state index >= 15 is 0 Å². The third-order valence-corrected chi connectivity index (χ3v) is 3.48. The molecule has 1 heterocycles. The van der Waals surface area contributed by atoms with E-state index in [1.165, 1.54) is 13.2 Å². The van der Waals surface area contributed by atoms with Gasteiger partial charge in [-0.15, -0.1) is 0 Å². The maximum atomic E-state index is 13.9. The van der Waals surface area contributed by atoms with E-state index in [0.717, 1.165) is 0 Å². The minimum absolute atomic E-state index is 0.0459. The van der Waals surface area contributed by atoms with Crippen molar-refractivity contribution in [2.45, 2.75) is 19.4 Å². The summed E-state index contributed by atoms with van der Waals surface area (Å²) >= 11 is 5.74. The van der Waals surface area contributed by atoms with Crippen LogP contribution < -0.4 is 4.74 Å². The minimum atomic E-state index is -0.911. The first kappa shape index (κ1) is 14.8. The van der Waals surface area contributed by atoms with Gasteiger partial charge >= 0.3 is 0 Å². The van der Waals surface area contributed by atoms with Crippen molar-refractivity contribution in [2.75, 3.05) is 7.11 Å². The van der Waals surface area contributed by atoms with Crippen LogP contribution >= 0.6 is 11.6 Å². The highest BCUT2D eigenvalue weighted by molar-refractivity contribution is 6.30. The summed E-state index contributed by atoms with van der Waals surface area (Å²) < 4.78 is 20.6. The number of halogens is 2. The van der Waals surface area contributed by atoms with Gasteiger partial charge in [-0.2, -0.15) is 5.10 Å². The standard InChI is InChI=1S/C14H16ClFN2O2/c1-8-12(14(20-3)18(2)17-8)11(19)7-9-5-4-6-10(15)13(9)16/h4-6,11,19H,7H2,1-3H3. The maximum absolute atomic E-state index is 13.9. The van der Waals surface area contributed by atoms with Crippen molar-refractivity contribution in [1.29, 1.82) is 0 Å². The highest BCUT2D eigenvalue weighted by atomic mass is 35.5. The Morgan fingerprint density at radius 1 is 1.50 bits per heavy atom. The lowest BCUT2D eigenvalue weighted by Gasteiger charge is -2.13. The number of methoxy groups -OCH3 is 1. The van der Waals surface area contributed by atoms with Gasteiger partial charge in [-0.3, -0.25) is 0 Å². The Bertz CT molecular complexity index is 628. The third-order valence-electron chi connectivity index (χ3n) is 3.19. The predicted molar refractivity (Wildman–Crippen MR) is 74.6 cm³/mol. The topological polar surface area (TPSA) is 47.3 Å². The molecule has 0 radical (unpaired) electrons. The zero-order chi connectivity index (χ0) is 14.9. The molecular formula is C14H16ClFN2O2. The van der Waals surface area contributed by atoms with E-state index in [2.05, 4.69) is 5.10 Å². The quantitative estimate of drug-likeness (QED) is 0.944. The van der Waals surface area contributed by atoms with Crippen LogP contribution in [-0.2, 0) is 13.5 Å². The van der Waals surface area contributed by atoms with Gasteiger partial charge in [0, 0.05) is 13.5 Å². The summed E-state index contributed by atoms with van der Waals surface area (Å²) in [5.74, 6) is -0.0360. The SMILES string of the molecule is COc1c(C(O)Cc2cccc(Cl)c2F)c(C)nn1C. The number of ether oxygens (including phenoxy) is 1. The Morgan fingerprint density at radius 2 is 2.20 bits per heavy atom. The fourth-order valence-electron chi connectivity index (χ4n) is 2.30. The summed E-state index contributed by atoms with van der Waals surface area (Å²) in [5, 5.41) is 14.6. The lowest BCUT2D eigenvalue weighted by Crippen LogP contribution is -2.06. The molecule has 1 N–H and O–H groups in total. The summed E-state index contributed by atoms with van der Waals surface area (Å²) in [5.41, 5.74) is 1.57. The van der Waals surface area contributed by atoms with E-state index < -0.39 is 11.9 Å². The van der Waals surface area contributed by atoms with Crippen molar-refractivity contribution < 1.29 is 14.2 Å². The van der Waals surface area contributed by atoms with Gasteiger partial charge in [0.2, 0.25) is 5.88 Å². The fraction of sp³-hybridized carbons (Fsp3) is 0.357. The molecule has 108 valence electrons. The van der Waals surface area contributed by atoms with Crippen LogP contribution in [0, 0.1) is 12.7 Å². The van der Waals surface area contributed by atoms with E-state index in [0.29, 0.717) is 22.7 Å². The van der Waals surface area contributed by atoms with E-state index in [1.54, 1.807) is 30.8 Å². The largest absolute Gasteiger partial charge is 0.481 e. The summed E-state index contributed by atoms with van der Waals surface area (Å²) in [7, 11) is 3.23. The summed E-state index contributed by atoms with van der Waals surface area (Å²) in [6.07, 6.45) is -0.804. The van der Waals surface area contributed by atoms with Gasteiger partial charge in [-0.25, -0.2) is 9.07 Å². The molecule has 2 rings (SSSR count). The molecule has 4 nitrogen and oxygen atoms in total. The molecule has 1 aromatic carbocycles. The second-order valence-corrected chi connectivity index (χ2v) is 4.97. The Morgan fingerprint density at radius 3 is 2.85 bits per heavy atom. The van der Waals surface area contributed by atoms with Gasteiger partial charge in [0.15, 0.2) is 0 Å². The molecular weight excluding hydrogens is 283 g/mol. The van der Waals surface area contributed by atoms with Crippen molar-refractivity contribution >= 4 is 11.6 Å². The molecule has 0 aliphatic rings. The van der Waals surface area contributed by atoms with Gasteiger partial charge in [0.1, 0.15) is 5.82 Å². The Balaban J connectivity index is 2.33. The van der Waals surface area contributed by atoms with E-state index in [-0.39, 0.29) is 11.4 Å². The molecule has 0 aliphatic heterocycles. The van der Waals surface area contributed by atoms with Crippen LogP contribution in [0.25, 0.3) is 0 Å². The van der Waals surface area contributed by atoms with Gasteiger partial charge in [-0.05, 0) is 18.6 Å². The average Bonchev–Trinajstić information content (AvgIpc) is 2.69. The van der Waals surface area contributed by atoms with Crippen molar-refractivity contribution in [3.8, 4) is 5.88 Å². The van der Waals surface area contributed by atoms with Gasteiger partial charge in [0.05, 0.1) is 29.5 Å². The number of aliphatic hydroxyl groups is 1. The predicted octanol–water partition coefficient (Wildman–Crippen LogP) is 2.81. The van der Waals surface area contributed by atoms with Crippen LogP contribution in [0.2, 0.25) is 5.02 Å². The van der Waals surface area contributed by atoms with Gasteiger partial charge in [-0.1, -0.05) is 23.7 Å². The van der Waals surface area contributed by atoms with E-state index in [1.807, 2.05) is 0 Å². The van der Waals surface area contributed by atoms with Crippen LogP contribution in [0.4, 0.5) is 4.39 Å². The summed E-state index contributed by atoms with van der Waals surface area (Å²) in [4.78, 5) is 0. The Labute approximate surface area is 121 Å². The lowest BCUT2D eigenvalue weighted by atomic mass is 10.0. The molecule has 0 amide bonds. The molecule has 0 bridgehead atoms. The first-order valence-electron chi connectivity index (χ1n) is 6.14. The van der Waals surface area contributed by atoms with Crippen LogP contribution in [0.5, 0.6) is 5.88 Å². The van der Waals surface area contributed by atoms with Gasteiger partial charge < -0.3 is 9.84 Å². The molecule has 20 heavy (non-hydrogen) atoms. The number of benzene rings is 1.